The molecule has 1 aromatic heterocycles. The van der Waals surface area contributed by atoms with E-state index in [0.717, 1.165) is 66.5 Å². The number of benzene rings is 2. The van der Waals surface area contributed by atoms with Crippen LogP contribution in [0.2, 0.25) is 0 Å². The third-order valence-electron chi connectivity index (χ3n) is 10.9. The number of aromatic nitrogens is 1. The number of rotatable bonds is 6. The van der Waals surface area contributed by atoms with Crippen LogP contribution in [-0.4, -0.2) is 62.9 Å². The van der Waals surface area contributed by atoms with Gasteiger partial charge in [-0.3, -0.25) is 14.6 Å². The van der Waals surface area contributed by atoms with Gasteiger partial charge >= 0.3 is 0 Å². The number of hydrogen-bond acceptors (Lipinski definition) is 4. The van der Waals surface area contributed by atoms with Crippen molar-refractivity contribution in [3.8, 4) is 5.75 Å². The minimum atomic E-state index is -0.593. The lowest BCUT2D eigenvalue weighted by atomic mass is 9.56. The van der Waals surface area contributed by atoms with Gasteiger partial charge in [0.25, 0.3) is 0 Å². The number of nitrogens with one attached hydrogen (secondary N) is 1. The summed E-state index contributed by atoms with van der Waals surface area (Å²) in [6.45, 7) is 5.24. The van der Waals surface area contributed by atoms with Gasteiger partial charge in [-0.25, -0.2) is 4.39 Å². The number of aromatic amines is 1. The molecule has 9 rings (SSSR count). The molecule has 3 aliphatic carbocycles. The highest BCUT2D eigenvalue weighted by atomic mass is 127. The molecule has 8 heteroatoms. The number of primary amides is 1. The van der Waals surface area contributed by atoms with Crippen molar-refractivity contribution in [3.05, 3.63) is 64.6 Å². The molecule has 4 bridgehead atoms. The number of H-pyrrole nitrogens is 1. The van der Waals surface area contributed by atoms with Crippen molar-refractivity contribution in [1.29, 1.82) is 0 Å². The molecule has 0 radical (unpaired) electrons. The quantitative estimate of drug-likeness (QED) is 0.280. The zero-order chi connectivity index (χ0) is 27.3. The fraction of sp³-hybridized carbons (Fsp3) is 0.531. The number of amides is 1. The molecule has 7 atom stereocenters. The van der Waals surface area contributed by atoms with E-state index in [-0.39, 0.29) is 41.9 Å². The number of likely N-dealkylation sites (tertiary alicyclic amines) is 1. The molecule has 3 aromatic rings. The van der Waals surface area contributed by atoms with E-state index in [1.54, 1.807) is 6.07 Å². The Balaban J connectivity index is 1.26. The summed E-state index contributed by atoms with van der Waals surface area (Å²) in [5.41, 5.74) is 10.7. The minimum Gasteiger partial charge on any atom is -0.489 e. The SMILES string of the molecule is C[C@@H]1Cc2c([nH]c3ccccc23)[C@H]2c3c(F)cc(O[C@H]4CCN(CCCI)C4)cc3C3C4CC3(C(N)=O)C[C@H]4N21. The Labute approximate surface area is 247 Å². The first-order chi connectivity index (χ1) is 19.4. The number of nitrogens with two attached hydrogens (primary N) is 1. The first-order valence-corrected chi connectivity index (χ1v) is 16.4. The highest BCUT2D eigenvalue weighted by molar-refractivity contribution is 14.1. The summed E-state index contributed by atoms with van der Waals surface area (Å²) in [4.78, 5) is 21.7. The van der Waals surface area contributed by atoms with Gasteiger partial charge in [-0.15, -0.1) is 0 Å². The molecule has 3 aliphatic heterocycles. The zero-order valence-corrected chi connectivity index (χ0v) is 25.0. The molecule has 3 unspecified atom stereocenters. The second kappa shape index (κ2) is 9.16. The van der Waals surface area contributed by atoms with Crippen LogP contribution in [-0.2, 0) is 11.2 Å². The van der Waals surface area contributed by atoms with Crippen molar-refractivity contribution < 1.29 is 13.9 Å². The number of halogens is 2. The first kappa shape index (κ1) is 25.5. The molecule has 0 spiro atoms. The summed E-state index contributed by atoms with van der Waals surface area (Å²) < 4.78 is 24.2. The van der Waals surface area contributed by atoms with E-state index in [9.17, 15) is 4.79 Å². The van der Waals surface area contributed by atoms with Gasteiger partial charge in [0, 0.05) is 63.7 Å². The number of carbonyl (C=O) groups excluding carboxylic acids is 1. The second-order valence-corrected chi connectivity index (χ2v) is 14.0. The monoisotopic (exact) mass is 654 g/mol. The van der Waals surface area contributed by atoms with Crippen LogP contribution in [0.1, 0.15) is 67.0 Å². The fourth-order valence-electron chi connectivity index (χ4n) is 9.31. The van der Waals surface area contributed by atoms with E-state index >= 15 is 4.39 Å². The number of nitrogens with zero attached hydrogens (tertiary/aromatic N) is 2. The Morgan fingerprint density at radius 1 is 1.27 bits per heavy atom. The van der Waals surface area contributed by atoms with Crippen LogP contribution in [0.15, 0.2) is 36.4 Å². The third kappa shape index (κ3) is 3.48. The molecule has 1 amide bonds. The maximum Gasteiger partial charge on any atom is 0.224 e. The Kier molecular flexibility index (Phi) is 5.85. The van der Waals surface area contributed by atoms with Gasteiger partial charge in [0.1, 0.15) is 17.7 Å². The van der Waals surface area contributed by atoms with E-state index in [4.69, 9.17) is 10.5 Å². The highest BCUT2D eigenvalue weighted by Gasteiger charge is 2.71. The maximum absolute atomic E-state index is 16.6. The van der Waals surface area contributed by atoms with Gasteiger partial charge in [-0.1, -0.05) is 40.8 Å². The molecular formula is C32H36FIN4O2. The van der Waals surface area contributed by atoms with Crippen LogP contribution in [0, 0.1) is 17.2 Å². The largest absolute Gasteiger partial charge is 0.489 e. The van der Waals surface area contributed by atoms with Gasteiger partial charge < -0.3 is 15.5 Å². The average molecular weight is 655 g/mol. The lowest BCUT2D eigenvalue weighted by molar-refractivity contribution is -0.133. The van der Waals surface area contributed by atoms with Gasteiger partial charge in [0.2, 0.25) is 5.91 Å². The maximum atomic E-state index is 16.6. The predicted octanol–water partition coefficient (Wildman–Crippen LogP) is 5.28. The summed E-state index contributed by atoms with van der Waals surface area (Å²) in [6, 6.07) is 12.3. The van der Waals surface area contributed by atoms with Crippen LogP contribution >= 0.6 is 22.6 Å². The standard InChI is InChI=1S/C32H36FIN4O2/c1-17-11-21-20-5-2-3-6-25(20)36-29(21)30-27-22(28-23-14-32(28,31(35)39)15-26(23)38(17)30)12-19(13-24(27)33)40-18-7-10-37(16-18)9-4-8-34/h2-3,5-6,12-13,17-18,23,26,28,30,36H,4,7-11,14-16H2,1H3,(H2,35,39)/t17-,18+,23?,26-,28?,30-,32?/m1/s1. The zero-order valence-electron chi connectivity index (χ0n) is 22.8. The van der Waals surface area contributed by atoms with E-state index in [2.05, 4.69) is 74.6 Å². The summed E-state index contributed by atoms with van der Waals surface area (Å²) in [5, 5.41) is 1.23. The van der Waals surface area contributed by atoms with Crippen molar-refractivity contribution in [2.45, 2.75) is 69.2 Å². The van der Waals surface area contributed by atoms with Crippen molar-refractivity contribution in [2.75, 3.05) is 24.1 Å². The number of ether oxygens (including phenoxy) is 1. The number of carbonyl (C=O) groups is 1. The van der Waals surface area contributed by atoms with Gasteiger partial charge in [-0.2, -0.15) is 0 Å². The van der Waals surface area contributed by atoms with Crippen LogP contribution in [0.25, 0.3) is 10.9 Å². The van der Waals surface area contributed by atoms with Gasteiger partial charge in [0.05, 0.1) is 11.5 Å². The molecule has 40 heavy (non-hydrogen) atoms. The number of alkyl halides is 1. The summed E-state index contributed by atoms with van der Waals surface area (Å²) in [7, 11) is 0. The lowest BCUT2D eigenvalue weighted by Crippen LogP contribution is -2.49. The second-order valence-electron chi connectivity index (χ2n) is 12.9. The normalized spacial score (nSPS) is 34.2. The molecule has 4 fully saturated rings. The lowest BCUT2D eigenvalue weighted by Gasteiger charge is -2.46. The molecule has 4 heterocycles. The molecule has 1 saturated heterocycles. The van der Waals surface area contributed by atoms with Crippen LogP contribution in [0.3, 0.4) is 0 Å². The van der Waals surface area contributed by atoms with Crippen molar-refractivity contribution in [1.82, 2.24) is 14.8 Å². The Hall–Kier alpha value is -2.17. The third-order valence-corrected chi connectivity index (χ3v) is 11.6. The Bertz CT molecular complexity index is 1520. The Morgan fingerprint density at radius 2 is 2.12 bits per heavy atom. The first-order valence-electron chi connectivity index (χ1n) is 14.8. The van der Waals surface area contributed by atoms with Crippen molar-refractivity contribution in [3.63, 3.8) is 0 Å². The van der Waals surface area contributed by atoms with Crippen molar-refractivity contribution in [2.24, 2.45) is 17.1 Å². The van der Waals surface area contributed by atoms with Crippen molar-refractivity contribution >= 4 is 39.4 Å². The Morgan fingerprint density at radius 3 is 2.95 bits per heavy atom. The summed E-state index contributed by atoms with van der Waals surface area (Å²) >= 11 is 2.42. The number of para-hydroxylation sites is 1. The van der Waals surface area contributed by atoms with E-state index in [1.807, 2.05) is 0 Å². The number of fused-ring (bicyclic) bond motifs is 7. The average Bonchev–Trinajstić information content (AvgIpc) is 3.67. The molecular weight excluding hydrogens is 618 g/mol. The summed E-state index contributed by atoms with van der Waals surface area (Å²) in [5.74, 6) is 0.373. The highest BCUT2D eigenvalue weighted by Crippen LogP contribution is 2.72. The summed E-state index contributed by atoms with van der Waals surface area (Å²) in [6.07, 6.45) is 4.64. The molecule has 3 N–H and O–H groups in total. The van der Waals surface area contributed by atoms with Gasteiger partial charge in [0.15, 0.2) is 0 Å². The van der Waals surface area contributed by atoms with Crippen LogP contribution in [0.4, 0.5) is 4.39 Å². The molecule has 6 aliphatic rings. The van der Waals surface area contributed by atoms with E-state index < -0.39 is 5.41 Å². The predicted molar refractivity (Wildman–Crippen MR) is 161 cm³/mol. The van der Waals surface area contributed by atoms with Crippen LogP contribution in [0.5, 0.6) is 5.75 Å². The number of hydrogen-bond donors (Lipinski definition) is 2. The van der Waals surface area contributed by atoms with Crippen LogP contribution < -0.4 is 10.5 Å². The topological polar surface area (TPSA) is 74.6 Å². The molecule has 3 saturated carbocycles. The minimum absolute atomic E-state index is 0.0555. The molecule has 2 aromatic carbocycles. The van der Waals surface area contributed by atoms with Gasteiger partial charge in [-0.05, 0) is 74.8 Å². The fourth-order valence-corrected chi connectivity index (χ4v) is 9.65. The molecule has 6 nitrogen and oxygen atoms in total. The van der Waals surface area contributed by atoms with E-state index in [1.165, 1.54) is 17.4 Å². The van der Waals surface area contributed by atoms with E-state index in [0.29, 0.717) is 17.2 Å². The smallest absolute Gasteiger partial charge is 0.224 e. The molecule has 210 valence electrons.